The highest BCUT2D eigenvalue weighted by molar-refractivity contribution is 7.98. The van der Waals surface area contributed by atoms with Crippen LogP contribution < -0.4 is 4.74 Å². The second-order valence-electron chi connectivity index (χ2n) is 7.43. The van der Waals surface area contributed by atoms with E-state index >= 15 is 0 Å². The minimum absolute atomic E-state index is 0.0801. The average molecular weight is 439 g/mol. The monoisotopic (exact) mass is 438 g/mol. The molecule has 2 heterocycles. The van der Waals surface area contributed by atoms with Gasteiger partial charge < -0.3 is 14.2 Å². The van der Waals surface area contributed by atoms with Gasteiger partial charge in [-0.15, -0.1) is 11.8 Å². The van der Waals surface area contributed by atoms with Crippen LogP contribution in [0, 0.1) is 6.92 Å². The van der Waals surface area contributed by atoms with Gasteiger partial charge >= 0.3 is 0 Å². The van der Waals surface area contributed by atoms with E-state index in [1.807, 2.05) is 41.3 Å². The van der Waals surface area contributed by atoms with Crippen LogP contribution in [-0.4, -0.2) is 59.1 Å². The molecule has 7 nitrogen and oxygen atoms in total. The lowest BCUT2D eigenvalue weighted by Gasteiger charge is -2.35. The molecule has 0 spiro atoms. The summed E-state index contributed by atoms with van der Waals surface area (Å²) in [7, 11) is 1.67. The fourth-order valence-electron chi connectivity index (χ4n) is 3.58. The molecule has 1 fully saturated rings. The first-order chi connectivity index (χ1) is 15.1. The van der Waals surface area contributed by atoms with Crippen molar-refractivity contribution in [1.82, 2.24) is 19.9 Å². The summed E-state index contributed by atoms with van der Waals surface area (Å²) in [4.78, 5) is 22.7. The zero-order chi connectivity index (χ0) is 21.6. The third-order valence-corrected chi connectivity index (χ3v) is 6.34. The van der Waals surface area contributed by atoms with Crippen LogP contribution in [0.25, 0.3) is 0 Å². The largest absolute Gasteiger partial charge is 0.497 e. The van der Waals surface area contributed by atoms with Gasteiger partial charge in [-0.25, -0.2) is 0 Å². The van der Waals surface area contributed by atoms with Gasteiger partial charge in [-0.1, -0.05) is 29.4 Å². The Morgan fingerprint density at radius 2 is 1.84 bits per heavy atom. The smallest absolute Gasteiger partial charge is 0.255 e. The van der Waals surface area contributed by atoms with Crippen molar-refractivity contribution in [3.05, 3.63) is 71.4 Å². The molecular formula is C23H26N4O3S. The van der Waals surface area contributed by atoms with Crippen LogP contribution in [0.4, 0.5) is 0 Å². The zero-order valence-corrected chi connectivity index (χ0v) is 18.6. The highest BCUT2D eigenvalue weighted by Crippen LogP contribution is 2.27. The van der Waals surface area contributed by atoms with Crippen molar-refractivity contribution in [2.75, 3.05) is 33.3 Å². The van der Waals surface area contributed by atoms with Gasteiger partial charge in [0.25, 0.3) is 5.91 Å². The van der Waals surface area contributed by atoms with E-state index in [2.05, 4.69) is 27.2 Å². The minimum atomic E-state index is 0.0801. The molecule has 1 aromatic heterocycles. The van der Waals surface area contributed by atoms with E-state index in [0.717, 1.165) is 48.9 Å². The Kier molecular flexibility index (Phi) is 6.89. The standard InChI is InChI=1S/C23H26N4O3S/c1-17-24-22(25-30-17)16-31-21-6-4-3-5-20(21)23(28)27-13-11-26(12-14-27)15-18-7-9-19(29-2)10-8-18/h3-10H,11-16H2,1-2H3. The highest BCUT2D eigenvalue weighted by Gasteiger charge is 2.24. The van der Waals surface area contributed by atoms with E-state index in [-0.39, 0.29) is 5.91 Å². The molecule has 0 atom stereocenters. The summed E-state index contributed by atoms with van der Waals surface area (Å²) in [6.07, 6.45) is 0. The number of aromatic nitrogens is 2. The zero-order valence-electron chi connectivity index (χ0n) is 17.8. The molecule has 0 N–H and O–H groups in total. The Labute approximate surface area is 186 Å². The van der Waals surface area contributed by atoms with Crippen LogP contribution in [0.5, 0.6) is 5.75 Å². The van der Waals surface area contributed by atoms with Crippen molar-refractivity contribution in [2.24, 2.45) is 0 Å². The lowest BCUT2D eigenvalue weighted by atomic mass is 10.1. The number of rotatable bonds is 7. The maximum absolute atomic E-state index is 13.2. The topological polar surface area (TPSA) is 71.7 Å². The van der Waals surface area contributed by atoms with Gasteiger partial charge in [-0.05, 0) is 29.8 Å². The SMILES string of the molecule is COc1ccc(CN2CCN(C(=O)c3ccccc3SCc3noc(C)n3)CC2)cc1. The summed E-state index contributed by atoms with van der Waals surface area (Å²) in [6, 6.07) is 15.9. The maximum atomic E-state index is 13.2. The summed E-state index contributed by atoms with van der Waals surface area (Å²) in [5.74, 6) is 2.70. The molecule has 0 saturated carbocycles. The number of benzene rings is 2. The number of nitrogens with zero attached hydrogens (tertiary/aromatic N) is 4. The van der Waals surface area contributed by atoms with Crippen LogP contribution in [0.1, 0.15) is 27.6 Å². The van der Waals surface area contributed by atoms with E-state index in [9.17, 15) is 4.79 Å². The van der Waals surface area contributed by atoms with Crippen molar-refractivity contribution in [1.29, 1.82) is 0 Å². The number of carbonyl (C=O) groups is 1. The van der Waals surface area contributed by atoms with Crippen LogP contribution >= 0.6 is 11.8 Å². The number of thioether (sulfide) groups is 1. The number of ether oxygens (including phenoxy) is 1. The van der Waals surface area contributed by atoms with Gasteiger partial charge in [0, 0.05) is 44.5 Å². The molecule has 0 bridgehead atoms. The lowest BCUT2D eigenvalue weighted by Crippen LogP contribution is -2.48. The van der Waals surface area contributed by atoms with Crippen LogP contribution in [0.3, 0.4) is 0 Å². The fourth-order valence-corrected chi connectivity index (χ4v) is 4.47. The summed E-state index contributed by atoms with van der Waals surface area (Å²) in [5.41, 5.74) is 1.98. The Morgan fingerprint density at radius 3 is 2.52 bits per heavy atom. The normalized spacial score (nSPS) is 14.6. The predicted molar refractivity (Wildman–Crippen MR) is 119 cm³/mol. The van der Waals surface area contributed by atoms with Gasteiger partial charge in [-0.3, -0.25) is 9.69 Å². The molecule has 2 aromatic carbocycles. The van der Waals surface area contributed by atoms with Crippen molar-refractivity contribution in [3.8, 4) is 5.75 Å². The van der Waals surface area contributed by atoms with E-state index in [0.29, 0.717) is 17.5 Å². The van der Waals surface area contributed by atoms with Gasteiger partial charge in [0.1, 0.15) is 5.75 Å². The minimum Gasteiger partial charge on any atom is -0.497 e. The molecule has 1 aliphatic heterocycles. The Morgan fingerprint density at radius 1 is 1.10 bits per heavy atom. The number of aryl methyl sites for hydroxylation is 1. The van der Waals surface area contributed by atoms with Crippen molar-refractivity contribution in [3.63, 3.8) is 0 Å². The number of amides is 1. The van der Waals surface area contributed by atoms with E-state index in [1.165, 1.54) is 5.56 Å². The van der Waals surface area contributed by atoms with Crippen LogP contribution in [0.15, 0.2) is 57.9 Å². The molecular weight excluding hydrogens is 412 g/mol. The first-order valence-electron chi connectivity index (χ1n) is 10.3. The molecule has 4 rings (SSSR count). The van der Waals surface area contributed by atoms with Crippen LogP contribution in [0.2, 0.25) is 0 Å². The molecule has 162 valence electrons. The average Bonchev–Trinajstić information content (AvgIpc) is 3.23. The Hall–Kier alpha value is -2.84. The molecule has 8 heteroatoms. The fraction of sp³-hybridized carbons (Fsp3) is 0.348. The summed E-state index contributed by atoms with van der Waals surface area (Å²) in [6.45, 7) is 5.80. The van der Waals surface area contributed by atoms with Gasteiger partial charge in [0.15, 0.2) is 5.82 Å². The number of carbonyl (C=O) groups excluding carboxylic acids is 1. The molecule has 1 saturated heterocycles. The third kappa shape index (κ3) is 5.45. The molecule has 1 amide bonds. The van der Waals surface area contributed by atoms with E-state index in [1.54, 1.807) is 25.8 Å². The third-order valence-electron chi connectivity index (χ3n) is 5.27. The number of hydrogen-bond acceptors (Lipinski definition) is 7. The van der Waals surface area contributed by atoms with E-state index in [4.69, 9.17) is 9.26 Å². The summed E-state index contributed by atoms with van der Waals surface area (Å²) >= 11 is 1.56. The highest BCUT2D eigenvalue weighted by atomic mass is 32.2. The quantitative estimate of drug-likeness (QED) is 0.522. The first-order valence-corrected chi connectivity index (χ1v) is 11.3. The first kappa shape index (κ1) is 21.4. The van der Waals surface area contributed by atoms with Gasteiger partial charge in [-0.2, -0.15) is 4.98 Å². The number of hydrogen-bond donors (Lipinski definition) is 0. The Bertz CT molecular complexity index is 1010. The van der Waals surface area contributed by atoms with Crippen molar-refractivity contribution < 1.29 is 14.1 Å². The number of piperazine rings is 1. The van der Waals surface area contributed by atoms with Gasteiger partial charge in [0.2, 0.25) is 5.89 Å². The summed E-state index contributed by atoms with van der Waals surface area (Å²) in [5, 5.41) is 3.93. The van der Waals surface area contributed by atoms with Crippen LogP contribution in [-0.2, 0) is 12.3 Å². The van der Waals surface area contributed by atoms with Crippen molar-refractivity contribution >= 4 is 17.7 Å². The number of methoxy groups -OCH3 is 1. The van der Waals surface area contributed by atoms with Crippen molar-refractivity contribution in [2.45, 2.75) is 24.1 Å². The lowest BCUT2D eigenvalue weighted by molar-refractivity contribution is 0.0625. The molecule has 3 aromatic rings. The predicted octanol–water partition coefficient (Wildman–Crippen LogP) is 3.64. The molecule has 0 aliphatic carbocycles. The Balaban J connectivity index is 1.34. The molecule has 0 unspecified atom stereocenters. The van der Waals surface area contributed by atoms with Gasteiger partial charge in [0.05, 0.1) is 18.4 Å². The maximum Gasteiger partial charge on any atom is 0.255 e. The summed E-state index contributed by atoms with van der Waals surface area (Å²) < 4.78 is 10.3. The molecule has 0 radical (unpaired) electrons. The molecule has 31 heavy (non-hydrogen) atoms. The second kappa shape index (κ2) is 9.98. The second-order valence-corrected chi connectivity index (χ2v) is 8.45. The molecule has 1 aliphatic rings. The van der Waals surface area contributed by atoms with E-state index < -0.39 is 0 Å².